The van der Waals surface area contributed by atoms with E-state index < -0.39 is 47.3 Å². The Morgan fingerprint density at radius 3 is 0.553 bits per heavy atom. The van der Waals surface area contributed by atoms with Crippen molar-refractivity contribution in [2.45, 2.75) is 13.1 Å². The van der Waals surface area contributed by atoms with Crippen molar-refractivity contribution in [3.63, 3.8) is 0 Å². The molecule has 23 aliphatic heterocycles. The molecule has 0 unspecified atom stereocenters. The molecule has 0 fully saturated rings. The van der Waals surface area contributed by atoms with Gasteiger partial charge in [0.15, 0.2) is 0 Å². The normalized spacial score (nSPS) is 13.6. The number of carbonyl (C=O) groups is 8. The van der Waals surface area contributed by atoms with Gasteiger partial charge in [-0.15, -0.1) is 0 Å². The molecule has 0 spiro atoms. The predicted molar refractivity (Wildman–Crippen MR) is 588 cm³/mol. The van der Waals surface area contributed by atoms with Crippen LogP contribution in [0.2, 0.25) is 0 Å². The smallest absolute Gasteiger partial charge is 0.266 e. The number of imide groups is 4. The van der Waals surface area contributed by atoms with Crippen LogP contribution in [0.25, 0.3) is 175 Å². The van der Waals surface area contributed by atoms with E-state index in [-0.39, 0.29) is 92.0 Å². The number of rotatable bonds is 16. The number of nitrogens with zero attached hydrogens (tertiary/aromatic N) is 4. The highest BCUT2D eigenvalue weighted by Gasteiger charge is 2.45. The summed E-state index contributed by atoms with van der Waals surface area (Å²) in [4.78, 5) is 138. The van der Waals surface area contributed by atoms with E-state index >= 15 is 38.4 Å². The lowest BCUT2D eigenvalue weighted by Crippen LogP contribution is -2.41. The lowest BCUT2D eigenvalue weighted by molar-refractivity contribution is 0.0583. The average Bonchev–Trinajstić information content (AvgIpc) is 0.679. The van der Waals surface area contributed by atoms with E-state index in [4.69, 9.17) is 18.9 Å². The zero-order valence-electron chi connectivity index (χ0n) is 79.7. The Morgan fingerprint density at radius 2 is 0.340 bits per heavy atom. The van der Waals surface area contributed by atoms with E-state index in [1.807, 2.05) is 340 Å². The summed E-state index contributed by atoms with van der Waals surface area (Å²) in [6.45, 7) is -0.594. The Hall–Kier alpha value is -20.4. The van der Waals surface area contributed by atoms with Gasteiger partial charge in [-0.3, -0.25) is 48.2 Å². The molecule has 23 heterocycles. The van der Waals surface area contributed by atoms with E-state index in [1.54, 1.807) is 97.1 Å². The molecule has 0 radical (unpaired) electrons. The Balaban J connectivity index is 0.680. The fourth-order valence-electron chi connectivity index (χ4n) is 23.6. The first-order valence-corrected chi connectivity index (χ1v) is 49.7. The summed E-state index contributed by atoms with van der Waals surface area (Å²) in [6, 6.07) is 137. The highest BCUT2D eigenvalue weighted by atomic mass is 16.5. The van der Waals surface area contributed by atoms with Gasteiger partial charge in [-0.2, -0.15) is 0 Å². The minimum Gasteiger partial charge on any atom is -0.455 e. The molecule has 0 N–H and O–H groups in total. The highest BCUT2D eigenvalue weighted by Crippen LogP contribution is 2.60. The van der Waals surface area contributed by atoms with Gasteiger partial charge in [0.1, 0.15) is 46.0 Å². The van der Waals surface area contributed by atoms with Crippen LogP contribution in [0.4, 0.5) is 11.4 Å². The van der Waals surface area contributed by atoms with Crippen LogP contribution < -0.4 is 28.7 Å². The maximum atomic E-state index is 16.9. The number of hydrogen-bond donors (Lipinski definition) is 0. The molecular weight excluding hydrogens is 1860 g/mol. The van der Waals surface area contributed by atoms with Crippen molar-refractivity contribution < 1.29 is 57.3 Å². The van der Waals surface area contributed by atoms with Gasteiger partial charge in [0.2, 0.25) is 0 Å². The zero-order valence-corrected chi connectivity index (χ0v) is 79.7. The van der Waals surface area contributed by atoms with Crippen LogP contribution in [0, 0.1) is 0 Å². The summed E-state index contributed by atoms with van der Waals surface area (Å²) in [5.41, 5.74) is 14.7. The van der Waals surface area contributed by atoms with Crippen molar-refractivity contribution in [2.75, 3.05) is 9.80 Å². The Bertz CT molecular complexity index is 9230. The molecule has 150 heavy (non-hydrogen) atoms. The number of benzene rings is 24. The lowest BCUT2D eigenvalue weighted by atomic mass is 9.81. The highest BCUT2D eigenvalue weighted by molar-refractivity contribution is 6.48. The standard InChI is InChI=1S/C134H76N4O12/c139-127-99-66-62-96-116-108(148-124-89(79-33-13-3-14-34-79)47-26-48-90(124)80-35-15-4-16-36-80)70-104-112-100-65-61-95(120(112)116)115-107(147-123-87(77-29-9-1-10-30-77)45-25-46-88(123)78-31-11-2-12-32-78)69-103(111(99)119(96)115)129(141)135(127)73-75-53-57-85(58-54-75)137-131(143)101-67-63-97-118-110(150-126-93(83-41-21-7-22-42-83)51-28-52-94(126)84-43-23-8-24-44-84)72-106-114-102(132(144)138(134(106)146)86-59-55-76(56-60-86)74-136(128(100)140)130(104)142)68-64-98(122(114)118)117-109(71-105(133(137)145)113(101)121(97)117)149-125-91(81-37-17-5-18-38-81)49-27-50-92(125)82-39-19-6-20-40-82/h1-72H,73-74H2. The molecule has 16 nitrogen and oxygen atoms in total. The van der Waals surface area contributed by atoms with Crippen LogP contribution in [-0.4, -0.2) is 57.1 Å². The maximum Gasteiger partial charge on any atom is 0.266 e. The van der Waals surface area contributed by atoms with Crippen LogP contribution in [0.15, 0.2) is 437 Å². The van der Waals surface area contributed by atoms with Crippen molar-refractivity contribution in [2.24, 2.45) is 0 Å². The molecule has 0 atom stereocenters. The SMILES string of the molecule is O=C1c2ccc3c4c(Oc5c(-c6ccccc6)cccc5-c5ccccc5)cc5c6c7ccc(c8c(Oc9c(-c%10ccccc%10)cccc9-c9ccccc9)cc(c2c38)C(=O)N1Cc1ccc(cc1)N1C(=O)c2ccc3c8c(Oc9c(-c%10ccccc%10)cccc9-c9ccccc9)cc9c%10c(ccc(c%11c(Oc%12c(-c%13ccccc%13)cccc%12-c%12ccccc%12)cc(c2c3%11)C1=O)c%108)C(=O)N(C9=O)c1ccc(cc1)CN(C7=O)C5=O)c64. The number of anilines is 2. The maximum absolute atomic E-state index is 16.9. The minimum atomic E-state index is -0.700. The van der Waals surface area contributed by atoms with Crippen LogP contribution in [0.5, 0.6) is 46.0 Å². The van der Waals surface area contributed by atoms with E-state index in [0.717, 1.165) is 54.3 Å². The van der Waals surface area contributed by atoms with E-state index in [2.05, 4.69) is 0 Å². The molecule has 24 aromatic rings. The van der Waals surface area contributed by atoms with Crippen molar-refractivity contribution in [3.8, 4) is 135 Å². The third kappa shape index (κ3) is 13.1. The minimum absolute atomic E-state index is 0.0998. The molecule has 16 heteroatoms. The van der Waals surface area contributed by atoms with Gasteiger partial charge in [-0.25, -0.2) is 9.80 Å². The Morgan fingerprint density at radius 1 is 0.153 bits per heavy atom. The van der Waals surface area contributed by atoms with Crippen molar-refractivity contribution in [1.82, 2.24) is 9.80 Å². The summed E-state index contributed by atoms with van der Waals surface area (Å²) in [6.07, 6.45) is 0. The largest absolute Gasteiger partial charge is 0.455 e. The molecule has 0 aromatic heterocycles. The lowest BCUT2D eigenvalue weighted by Gasteiger charge is -2.32. The first kappa shape index (κ1) is 86.3. The van der Waals surface area contributed by atoms with Gasteiger partial charge in [0, 0.05) is 131 Å². The van der Waals surface area contributed by atoms with Crippen molar-refractivity contribution >= 4 is 145 Å². The second-order valence-corrected chi connectivity index (χ2v) is 38.5. The van der Waals surface area contributed by atoms with Crippen molar-refractivity contribution in [1.29, 1.82) is 0 Å². The second kappa shape index (κ2) is 33.6. The Kier molecular flexibility index (Phi) is 19.4. The monoisotopic (exact) mass is 1930 g/mol. The number of carbonyl (C=O) groups excluding carboxylic acids is 8. The first-order valence-electron chi connectivity index (χ1n) is 49.7. The molecule has 24 aromatic carbocycles. The van der Waals surface area contributed by atoms with Crippen LogP contribution in [0.1, 0.15) is 94.0 Å². The summed E-state index contributed by atoms with van der Waals surface area (Å²) >= 11 is 0. The third-order valence-corrected chi connectivity index (χ3v) is 30.4. The molecular formula is C134H76N4O12. The van der Waals surface area contributed by atoms with E-state index in [9.17, 15) is 0 Å². The number of ether oxygens (including phenoxy) is 4. The fourth-order valence-corrected chi connectivity index (χ4v) is 23.6. The molecule has 0 aliphatic carbocycles. The van der Waals surface area contributed by atoms with Gasteiger partial charge < -0.3 is 18.9 Å². The molecule has 704 valence electrons. The second-order valence-electron chi connectivity index (χ2n) is 38.5. The zero-order chi connectivity index (χ0) is 100. The molecule has 8 amide bonds. The molecule has 0 saturated carbocycles. The summed E-state index contributed by atoms with van der Waals surface area (Å²) < 4.78 is 31.4. The summed E-state index contributed by atoms with van der Waals surface area (Å²) in [5, 5.41) is 6.81. The number of para-hydroxylation sites is 4. The van der Waals surface area contributed by atoms with Crippen LogP contribution in [0.3, 0.4) is 0 Å². The van der Waals surface area contributed by atoms with Gasteiger partial charge in [-0.05, 0) is 150 Å². The van der Waals surface area contributed by atoms with Gasteiger partial charge in [-0.1, -0.05) is 364 Å². The van der Waals surface area contributed by atoms with E-state index in [0.29, 0.717) is 165 Å². The van der Waals surface area contributed by atoms with Gasteiger partial charge >= 0.3 is 0 Å². The van der Waals surface area contributed by atoms with Crippen LogP contribution >= 0.6 is 0 Å². The van der Waals surface area contributed by atoms with Gasteiger partial charge in [0.25, 0.3) is 47.3 Å². The Labute approximate surface area is 856 Å². The number of hydrogen-bond acceptors (Lipinski definition) is 12. The molecule has 23 aliphatic rings. The molecule has 47 rings (SSSR count). The van der Waals surface area contributed by atoms with Crippen LogP contribution in [-0.2, 0) is 13.1 Å². The first-order chi connectivity index (χ1) is 73.8. The summed E-state index contributed by atoms with van der Waals surface area (Å²) in [5.74, 6) is -2.76. The molecule has 0 saturated heterocycles. The quantitative estimate of drug-likeness (QED) is 0.0507. The predicted octanol–water partition coefficient (Wildman–Crippen LogP) is 31.8. The van der Waals surface area contributed by atoms with Gasteiger partial charge in [0.05, 0.1) is 46.7 Å². The van der Waals surface area contributed by atoms with E-state index in [1.165, 1.54) is 9.80 Å². The average molecular weight is 1930 g/mol. The molecule has 32 bridgehead atoms. The fraction of sp³-hybridized carbons (Fsp3) is 0.0149. The topological polar surface area (TPSA) is 186 Å². The van der Waals surface area contributed by atoms with Crippen molar-refractivity contribution in [3.05, 3.63) is 492 Å². The third-order valence-electron chi connectivity index (χ3n) is 30.4. The number of amides is 8. The summed E-state index contributed by atoms with van der Waals surface area (Å²) in [7, 11) is 0.